The van der Waals surface area contributed by atoms with E-state index in [0.29, 0.717) is 5.92 Å². The van der Waals surface area contributed by atoms with Gasteiger partial charge in [-0.25, -0.2) is 0 Å². The predicted octanol–water partition coefficient (Wildman–Crippen LogP) is 2.95. The Balaban J connectivity index is 2.24. The van der Waals surface area contributed by atoms with Gasteiger partial charge in [-0.2, -0.15) is 0 Å². The van der Waals surface area contributed by atoms with Gasteiger partial charge in [0, 0.05) is 12.8 Å². The molecule has 0 saturated carbocycles. The summed E-state index contributed by atoms with van der Waals surface area (Å²) in [6.07, 6.45) is 3.83. The van der Waals surface area contributed by atoms with Crippen LogP contribution in [0, 0.1) is 5.92 Å². The SMILES string of the molecule is CCC(CC)C1(O)Cc2ccccc2C1. The Hall–Kier alpha value is -0.820. The van der Waals surface area contributed by atoms with Gasteiger partial charge in [-0.15, -0.1) is 0 Å². The molecule has 0 saturated heterocycles. The van der Waals surface area contributed by atoms with Crippen LogP contribution >= 0.6 is 0 Å². The van der Waals surface area contributed by atoms with Crippen molar-refractivity contribution in [3.05, 3.63) is 35.4 Å². The molecule has 1 aromatic rings. The Labute approximate surface area is 92.1 Å². The van der Waals surface area contributed by atoms with Gasteiger partial charge in [0.25, 0.3) is 0 Å². The van der Waals surface area contributed by atoms with Crippen LogP contribution in [0.25, 0.3) is 0 Å². The molecule has 0 amide bonds. The average Bonchev–Trinajstić information content (AvgIpc) is 2.56. The maximum Gasteiger partial charge on any atom is 0.0756 e. The van der Waals surface area contributed by atoms with Gasteiger partial charge in [0.1, 0.15) is 0 Å². The van der Waals surface area contributed by atoms with Crippen molar-refractivity contribution in [2.75, 3.05) is 0 Å². The fraction of sp³-hybridized carbons (Fsp3) is 0.571. The lowest BCUT2D eigenvalue weighted by atomic mass is 9.81. The van der Waals surface area contributed by atoms with Crippen molar-refractivity contribution in [3.63, 3.8) is 0 Å². The molecule has 15 heavy (non-hydrogen) atoms. The van der Waals surface area contributed by atoms with E-state index in [2.05, 4.69) is 38.1 Å². The molecule has 0 fully saturated rings. The van der Waals surface area contributed by atoms with E-state index in [-0.39, 0.29) is 0 Å². The molecule has 0 atom stereocenters. The molecular formula is C14H20O. The minimum absolute atomic E-state index is 0.435. The summed E-state index contributed by atoms with van der Waals surface area (Å²) in [7, 11) is 0. The first-order valence-electron chi connectivity index (χ1n) is 5.98. The lowest BCUT2D eigenvalue weighted by Gasteiger charge is -2.31. The van der Waals surface area contributed by atoms with E-state index in [4.69, 9.17) is 0 Å². The minimum atomic E-state index is -0.479. The standard InChI is InChI=1S/C14H20O/c1-3-13(4-2)14(15)9-11-7-5-6-8-12(11)10-14/h5-8,13,15H,3-4,9-10H2,1-2H3. The van der Waals surface area contributed by atoms with Crippen LogP contribution in [0.2, 0.25) is 0 Å². The molecule has 0 unspecified atom stereocenters. The summed E-state index contributed by atoms with van der Waals surface area (Å²) in [5.41, 5.74) is 2.20. The Bertz CT molecular complexity index is 314. The fourth-order valence-corrected chi connectivity index (χ4v) is 2.96. The lowest BCUT2D eigenvalue weighted by molar-refractivity contribution is -0.0123. The highest BCUT2D eigenvalue weighted by atomic mass is 16.3. The van der Waals surface area contributed by atoms with Crippen molar-refractivity contribution in [3.8, 4) is 0 Å². The Morgan fingerprint density at radius 3 is 2.00 bits per heavy atom. The van der Waals surface area contributed by atoms with E-state index in [1.165, 1.54) is 11.1 Å². The number of hydrogen-bond acceptors (Lipinski definition) is 1. The van der Waals surface area contributed by atoms with Crippen LogP contribution in [0.15, 0.2) is 24.3 Å². The normalized spacial score (nSPS) is 18.1. The zero-order valence-electron chi connectivity index (χ0n) is 9.66. The first kappa shape index (κ1) is 10.7. The Morgan fingerprint density at radius 2 is 1.60 bits per heavy atom. The van der Waals surface area contributed by atoms with Crippen LogP contribution in [-0.4, -0.2) is 10.7 Å². The molecule has 1 nitrogen and oxygen atoms in total. The van der Waals surface area contributed by atoms with Crippen molar-refractivity contribution in [2.24, 2.45) is 5.92 Å². The molecule has 0 spiro atoms. The van der Waals surface area contributed by atoms with E-state index in [0.717, 1.165) is 25.7 Å². The van der Waals surface area contributed by atoms with Gasteiger partial charge in [-0.3, -0.25) is 0 Å². The smallest absolute Gasteiger partial charge is 0.0756 e. The van der Waals surface area contributed by atoms with Gasteiger partial charge >= 0.3 is 0 Å². The second-order valence-electron chi connectivity index (χ2n) is 4.74. The second kappa shape index (κ2) is 3.97. The summed E-state index contributed by atoms with van der Waals surface area (Å²) in [4.78, 5) is 0. The third-order valence-electron chi connectivity index (χ3n) is 3.86. The zero-order chi connectivity index (χ0) is 10.9. The van der Waals surface area contributed by atoms with E-state index >= 15 is 0 Å². The van der Waals surface area contributed by atoms with Gasteiger partial charge in [0.15, 0.2) is 0 Å². The van der Waals surface area contributed by atoms with Crippen LogP contribution in [-0.2, 0) is 12.8 Å². The molecule has 82 valence electrons. The van der Waals surface area contributed by atoms with Crippen LogP contribution in [0.4, 0.5) is 0 Å². The molecule has 0 bridgehead atoms. The topological polar surface area (TPSA) is 20.2 Å². The predicted molar refractivity (Wildman–Crippen MR) is 62.9 cm³/mol. The maximum absolute atomic E-state index is 10.7. The van der Waals surface area contributed by atoms with Gasteiger partial charge in [-0.1, -0.05) is 51.0 Å². The van der Waals surface area contributed by atoms with Crippen molar-refractivity contribution in [1.82, 2.24) is 0 Å². The fourth-order valence-electron chi connectivity index (χ4n) is 2.96. The highest BCUT2D eigenvalue weighted by molar-refractivity contribution is 5.35. The number of fused-ring (bicyclic) bond motifs is 1. The monoisotopic (exact) mass is 204 g/mol. The number of benzene rings is 1. The highest BCUT2D eigenvalue weighted by Gasteiger charge is 2.39. The number of rotatable bonds is 3. The minimum Gasteiger partial charge on any atom is -0.389 e. The summed E-state index contributed by atoms with van der Waals surface area (Å²) in [6.45, 7) is 4.35. The molecule has 0 aliphatic heterocycles. The summed E-state index contributed by atoms with van der Waals surface area (Å²) in [5, 5.41) is 10.7. The molecule has 0 aromatic heterocycles. The van der Waals surface area contributed by atoms with E-state index in [1.807, 2.05) is 0 Å². The maximum atomic E-state index is 10.7. The van der Waals surface area contributed by atoms with Gasteiger partial charge in [0.05, 0.1) is 5.60 Å². The Kier molecular flexibility index (Phi) is 2.83. The third kappa shape index (κ3) is 1.81. The van der Waals surface area contributed by atoms with Crippen molar-refractivity contribution < 1.29 is 5.11 Å². The van der Waals surface area contributed by atoms with Crippen LogP contribution in [0.5, 0.6) is 0 Å². The van der Waals surface area contributed by atoms with Crippen molar-refractivity contribution in [1.29, 1.82) is 0 Å². The van der Waals surface area contributed by atoms with E-state index in [1.54, 1.807) is 0 Å². The number of aliphatic hydroxyl groups is 1. The second-order valence-corrected chi connectivity index (χ2v) is 4.74. The lowest BCUT2D eigenvalue weighted by Crippen LogP contribution is -2.38. The van der Waals surface area contributed by atoms with Gasteiger partial charge < -0.3 is 5.11 Å². The molecule has 0 radical (unpaired) electrons. The summed E-state index contributed by atoms with van der Waals surface area (Å²) < 4.78 is 0. The van der Waals surface area contributed by atoms with E-state index < -0.39 is 5.60 Å². The molecule has 2 rings (SSSR count). The average molecular weight is 204 g/mol. The Morgan fingerprint density at radius 1 is 1.13 bits per heavy atom. The number of hydrogen-bond donors (Lipinski definition) is 1. The molecular weight excluding hydrogens is 184 g/mol. The summed E-state index contributed by atoms with van der Waals surface area (Å²) in [5.74, 6) is 0.435. The quantitative estimate of drug-likeness (QED) is 0.802. The van der Waals surface area contributed by atoms with Crippen LogP contribution < -0.4 is 0 Å². The molecule has 1 N–H and O–H groups in total. The largest absolute Gasteiger partial charge is 0.389 e. The van der Waals surface area contributed by atoms with E-state index in [9.17, 15) is 5.11 Å². The molecule has 0 heterocycles. The molecule has 1 aliphatic rings. The molecule has 1 aromatic carbocycles. The summed E-state index contributed by atoms with van der Waals surface area (Å²) in [6, 6.07) is 8.43. The zero-order valence-corrected chi connectivity index (χ0v) is 9.66. The van der Waals surface area contributed by atoms with Crippen LogP contribution in [0.3, 0.4) is 0 Å². The van der Waals surface area contributed by atoms with Gasteiger partial charge in [0.2, 0.25) is 0 Å². The van der Waals surface area contributed by atoms with Crippen molar-refractivity contribution in [2.45, 2.75) is 45.1 Å². The van der Waals surface area contributed by atoms with Gasteiger partial charge in [-0.05, 0) is 17.0 Å². The first-order valence-corrected chi connectivity index (χ1v) is 5.98. The third-order valence-corrected chi connectivity index (χ3v) is 3.86. The van der Waals surface area contributed by atoms with Crippen molar-refractivity contribution >= 4 is 0 Å². The highest BCUT2D eigenvalue weighted by Crippen LogP contribution is 2.37. The summed E-state index contributed by atoms with van der Waals surface area (Å²) >= 11 is 0. The first-order chi connectivity index (χ1) is 7.19. The molecule has 1 aliphatic carbocycles. The van der Waals surface area contributed by atoms with Crippen LogP contribution in [0.1, 0.15) is 37.8 Å². The molecule has 1 heteroatoms.